The third-order valence-corrected chi connectivity index (χ3v) is 6.02. The number of carbonyl (C=O) groups is 2. The molecule has 0 fully saturated rings. The molecule has 2 aliphatic heterocycles. The van der Waals surface area contributed by atoms with Gasteiger partial charge in [0.1, 0.15) is 5.75 Å². The number of benzene rings is 2. The van der Waals surface area contributed by atoms with Crippen LogP contribution in [0.3, 0.4) is 0 Å². The molecule has 0 spiro atoms. The molecule has 5 nitrogen and oxygen atoms in total. The number of fused-ring (bicyclic) bond motifs is 2. The first kappa shape index (κ1) is 20.5. The molecule has 4 rings (SSSR count). The summed E-state index contributed by atoms with van der Waals surface area (Å²) in [5.74, 6) is 0.850. The fourth-order valence-electron chi connectivity index (χ4n) is 4.17. The second-order valence-electron chi connectivity index (χ2n) is 9.20. The molecular weight excluding hydrogens is 376 g/mol. The number of amides is 2. The van der Waals surface area contributed by atoms with Gasteiger partial charge in [0.2, 0.25) is 5.91 Å². The Morgan fingerprint density at radius 1 is 1.10 bits per heavy atom. The van der Waals surface area contributed by atoms with Crippen LogP contribution in [0.2, 0.25) is 0 Å². The molecular formula is C25H30N2O3. The molecule has 0 aromatic heterocycles. The quantitative estimate of drug-likeness (QED) is 0.769. The van der Waals surface area contributed by atoms with E-state index in [-0.39, 0.29) is 23.8 Å². The lowest BCUT2D eigenvalue weighted by atomic mass is 9.86. The molecule has 0 atom stereocenters. The summed E-state index contributed by atoms with van der Waals surface area (Å²) in [7, 11) is 0. The molecule has 0 N–H and O–H groups in total. The van der Waals surface area contributed by atoms with Crippen molar-refractivity contribution in [2.24, 2.45) is 0 Å². The highest BCUT2D eigenvalue weighted by atomic mass is 16.5. The number of anilines is 1. The predicted octanol–water partition coefficient (Wildman–Crippen LogP) is 4.07. The fourth-order valence-corrected chi connectivity index (χ4v) is 4.17. The van der Waals surface area contributed by atoms with Crippen LogP contribution >= 0.6 is 0 Å². The zero-order valence-electron chi connectivity index (χ0n) is 18.1. The molecule has 0 radical (unpaired) electrons. The molecule has 0 bridgehead atoms. The van der Waals surface area contributed by atoms with E-state index in [2.05, 4.69) is 51.1 Å². The van der Waals surface area contributed by atoms with Gasteiger partial charge in [0.15, 0.2) is 6.61 Å². The van der Waals surface area contributed by atoms with E-state index in [4.69, 9.17) is 4.74 Å². The average molecular weight is 407 g/mol. The van der Waals surface area contributed by atoms with Crippen LogP contribution in [0.25, 0.3) is 0 Å². The summed E-state index contributed by atoms with van der Waals surface area (Å²) in [6, 6.07) is 14.4. The predicted molar refractivity (Wildman–Crippen MR) is 118 cm³/mol. The maximum atomic E-state index is 12.8. The number of carbonyl (C=O) groups excluding carboxylic acids is 2. The summed E-state index contributed by atoms with van der Waals surface area (Å²) >= 11 is 0. The van der Waals surface area contributed by atoms with E-state index in [1.165, 1.54) is 11.1 Å². The topological polar surface area (TPSA) is 49.9 Å². The van der Waals surface area contributed by atoms with Gasteiger partial charge in [-0.1, -0.05) is 51.1 Å². The number of hydrogen-bond acceptors (Lipinski definition) is 3. The first-order chi connectivity index (χ1) is 14.3. The molecule has 0 saturated heterocycles. The molecule has 0 unspecified atom stereocenters. The van der Waals surface area contributed by atoms with E-state index < -0.39 is 0 Å². The molecule has 0 aliphatic carbocycles. The van der Waals surface area contributed by atoms with E-state index in [9.17, 15) is 9.59 Å². The van der Waals surface area contributed by atoms with Gasteiger partial charge in [0.25, 0.3) is 5.91 Å². The Morgan fingerprint density at radius 3 is 2.63 bits per heavy atom. The van der Waals surface area contributed by atoms with E-state index in [1.54, 1.807) is 4.90 Å². The van der Waals surface area contributed by atoms with Crippen molar-refractivity contribution in [2.45, 2.75) is 52.0 Å². The lowest BCUT2D eigenvalue weighted by molar-refractivity contribution is -0.132. The third kappa shape index (κ3) is 4.20. The minimum absolute atomic E-state index is 0.0122. The van der Waals surface area contributed by atoms with Crippen molar-refractivity contribution in [3.05, 3.63) is 59.2 Å². The van der Waals surface area contributed by atoms with Gasteiger partial charge in [-0.25, -0.2) is 0 Å². The summed E-state index contributed by atoms with van der Waals surface area (Å²) in [5.41, 5.74) is 4.54. The van der Waals surface area contributed by atoms with Crippen molar-refractivity contribution < 1.29 is 14.3 Å². The molecule has 2 heterocycles. The van der Waals surface area contributed by atoms with Gasteiger partial charge in [-0.3, -0.25) is 9.59 Å². The van der Waals surface area contributed by atoms with Crippen molar-refractivity contribution in [1.29, 1.82) is 0 Å². The van der Waals surface area contributed by atoms with Crippen LogP contribution in [0, 0.1) is 0 Å². The van der Waals surface area contributed by atoms with Gasteiger partial charge in [-0.15, -0.1) is 0 Å². The lowest BCUT2D eigenvalue weighted by Crippen LogP contribution is -2.40. The Balaban J connectivity index is 1.40. The van der Waals surface area contributed by atoms with Crippen molar-refractivity contribution in [2.75, 3.05) is 24.6 Å². The first-order valence-electron chi connectivity index (χ1n) is 10.8. The summed E-state index contributed by atoms with van der Waals surface area (Å²) in [4.78, 5) is 29.0. The highest BCUT2D eigenvalue weighted by molar-refractivity contribution is 5.98. The summed E-state index contributed by atoms with van der Waals surface area (Å²) in [6.07, 6.45) is 2.00. The Bertz CT molecular complexity index is 961. The number of ether oxygens (including phenoxy) is 1. The maximum Gasteiger partial charge on any atom is 0.265 e. The molecule has 158 valence electrons. The van der Waals surface area contributed by atoms with Gasteiger partial charge >= 0.3 is 0 Å². The largest absolute Gasteiger partial charge is 0.482 e. The van der Waals surface area contributed by atoms with Crippen molar-refractivity contribution in [1.82, 2.24) is 4.90 Å². The standard InChI is InChI=1S/C25H30N2O3/c1-25(2,3)20-10-11-22-21(15-20)27(24(29)17-30-22)13-6-9-23(28)26-14-12-18-7-4-5-8-19(18)16-26/h4-5,7-8,10-11,15H,6,9,12-14,16-17H2,1-3H3. The maximum absolute atomic E-state index is 12.8. The van der Waals surface area contributed by atoms with Crippen LogP contribution in [0.4, 0.5) is 5.69 Å². The van der Waals surface area contributed by atoms with Crippen LogP contribution in [0.5, 0.6) is 5.75 Å². The van der Waals surface area contributed by atoms with Crippen LogP contribution in [-0.4, -0.2) is 36.4 Å². The summed E-state index contributed by atoms with van der Waals surface area (Å²) < 4.78 is 5.62. The average Bonchev–Trinajstić information content (AvgIpc) is 2.73. The Kier molecular flexibility index (Phi) is 5.54. The van der Waals surface area contributed by atoms with Gasteiger partial charge in [0.05, 0.1) is 5.69 Å². The number of rotatable bonds is 4. The molecule has 2 aromatic rings. The minimum atomic E-state index is -0.0482. The van der Waals surface area contributed by atoms with Crippen LogP contribution < -0.4 is 9.64 Å². The van der Waals surface area contributed by atoms with Gasteiger partial charge < -0.3 is 14.5 Å². The summed E-state index contributed by atoms with van der Waals surface area (Å²) in [6.45, 7) is 8.49. The molecule has 2 amide bonds. The summed E-state index contributed by atoms with van der Waals surface area (Å²) in [5, 5.41) is 0. The zero-order chi connectivity index (χ0) is 21.3. The van der Waals surface area contributed by atoms with E-state index in [1.807, 2.05) is 17.0 Å². The van der Waals surface area contributed by atoms with Crippen molar-refractivity contribution in [3.63, 3.8) is 0 Å². The molecule has 0 saturated carbocycles. The van der Waals surface area contributed by atoms with E-state index >= 15 is 0 Å². The highest BCUT2D eigenvalue weighted by Crippen LogP contribution is 2.36. The zero-order valence-corrected chi connectivity index (χ0v) is 18.1. The third-order valence-electron chi connectivity index (χ3n) is 6.02. The van der Waals surface area contributed by atoms with Crippen LogP contribution in [-0.2, 0) is 28.0 Å². The van der Waals surface area contributed by atoms with Crippen molar-refractivity contribution >= 4 is 17.5 Å². The minimum Gasteiger partial charge on any atom is -0.482 e. The molecule has 2 aromatic carbocycles. The number of nitrogens with zero attached hydrogens (tertiary/aromatic N) is 2. The molecule has 5 heteroatoms. The highest BCUT2D eigenvalue weighted by Gasteiger charge is 2.28. The van der Waals surface area contributed by atoms with E-state index in [0.29, 0.717) is 25.9 Å². The fraction of sp³-hybridized carbons (Fsp3) is 0.440. The monoisotopic (exact) mass is 406 g/mol. The number of hydrogen-bond donors (Lipinski definition) is 0. The SMILES string of the molecule is CC(C)(C)c1ccc2c(c1)N(CCCC(=O)N1CCc3ccccc3C1)C(=O)CO2. The molecule has 30 heavy (non-hydrogen) atoms. The second-order valence-corrected chi connectivity index (χ2v) is 9.20. The smallest absolute Gasteiger partial charge is 0.265 e. The second kappa shape index (κ2) is 8.13. The van der Waals surface area contributed by atoms with Crippen LogP contribution in [0.1, 0.15) is 50.3 Å². The Morgan fingerprint density at radius 2 is 1.87 bits per heavy atom. The van der Waals surface area contributed by atoms with Crippen molar-refractivity contribution in [3.8, 4) is 5.75 Å². The first-order valence-corrected chi connectivity index (χ1v) is 10.8. The molecule has 2 aliphatic rings. The van der Waals surface area contributed by atoms with Gasteiger partial charge in [-0.05, 0) is 47.1 Å². The Hall–Kier alpha value is -2.82. The lowest BCUT2D eigenvalue weighted by Gasteiger charge is -2.32. The van der Waals surface area contributed by atoms with E-state index in [0.717, 1.165) is 30.0 Å². The van der Waals surface area contributed by atoms with Gasteiger partial charge in [0, 0.05) is 26.1 Å². The Labute approximate surface area is 178 Å². The van der Waals surface area contributed by atoms with Crippen LogP contribution in [0.15, 0.2) is 42.5 Å². The van der Waals surface area contributed by atoms with Gasteiger partial charge in [-0.2, -0.15) is 0 Å². The normalized spacial score (nSPS) is 16.0.